The van der Waals surface area contributed by atoms with Gasteiger partial charge in [-0.25, -0.2) is 14.4 Å². The van der Waals surface area contributed by atoms with Gasteiger partial charge in [-0.1, -0.05) is 41.9 Å². The van der Waals surface area contributed by atoms with Gasteiger partial charge in [0.2, 0.25) is 0 Å². The van der Waals surface area contributed by atoms with E-state index in [1.165, 1.54) is 11.9 Å². The van der Waals surface area contributed by atoms with Gasteiger partial charge in [0.25, 0.3) is 0 Å². The van der Waals surface area contributed by atoms with Crippen molar-refractivity contribution in [1.29, 1.82) is 0 Å². The van der Waals surface area contributed by atoms with Crippen LogP contribution in [0.5, 0.6) is 5.75 Å². The lowest BCUT2D eigenvalue weighted by atomic mass is 10.1. The molecule has 0 N–H and O–H groups in total. The fourth-order valence-corrected chi connectivity index (χ4v) is 4.52. The average molecular weight is 494 g/mol. The molecule has 2 heterocycles. The minimum atomic E-state index is -0.502. The smallest absolute Gasteiger partial charge is 0.165 e. The number of anilines is 1. The average Bonchev–Trinajstić information content (AvgIpc) is 2.77. The van der Waals surface area contributed by atoms with Gasteiger partial charge in [0.05, 0.1) is 16.5 Å². The van der Waals surface area contributed by atoms with Gasteiger partial charge < -0.3 is 9.64 Å². The van der Waals surface area contributed by atoms with Crippen molar-refractivity contribution >= 4 is 44.3 Å². The Morgan fingerprint density at radius 3 is 2.70 bits per heavy atom. The fraction of sp³-hybridized carbons (Fsp3) is 0.364. The van der Waals surface area contributed by atoms with E-state index >= 15 is 0 Å². The summed E-state index contributed by atoms with van der Waals surface area (Å²) in [4.78, 5) is 13.3. The number of halogens is 3. The molecule has 4 rings (SSSR count). The van der Waals surface area contributed by atoms with Crippen molar-refractivity contribution in [3.05, 3.63) is 57.5 Å². The Bertz CT molecular complexity index is 1050. The third-order valence-electron chi connectivity index (χ3n) is 5.43. The van der Waals surface area contributed by atoms with Crippen molar-refractivity contribution in [2.75, 3.05) is 31.1 Å². The third kappa shape index (κ3) is 3.98. The van der Waals surface area contributed by atoms with Gasteiger partial charge in [-0.3, -0.25) is 4.90 Å². The van der Waals surface area contributed by atoms with Crippen molar-refractivity contribution in [2.24, 2.45) is 0 Å². The van der Waals surface area contributed by atoms with Gasteiger partial charge in [-0.2, -0.15) is 0 Å². The molecular formula is C22H23BrClFN4O. The van der Waals surface area contributed by atoms with Crippen molar-refractivity contribution < 1.29 is 9.13 Å². The van der Waals surface area contributed by atoms with Crippen LogP contribution in [0, 0.1) is 5.82 Å². The molecule has 1 aliphatic heterocycles. The summed E-state index contributed by atoms with van der Waals surface area (Å²) in [7, 11) is 0. The van der Waals surface area contributed by atoms with E-state index in [-0.39, 0.29) is 15.0 Å². The zero-order valence-corrected chi connectivity index (χ0v) is 19.2. The van der Waals surface area contributed by atoms with Gasteiger partial charge >= 0.3 is 0 Å². The van der Waals surface area contributed by atoms with Crippen LogP contribution in [0.4, 0.5) is 10.2 Å². The molecule has 0 bridgehead atoms. The van der Waals surface area contributed by atoms with Crippen molar-refractivity contribution in [3.8, 4) is 5.75 Å². The lowest BCUT2D eigenvalue weighted by Gasteiger charge is -2.40. The quantitative estimate of drug-likeness (QED) is 0.452. The van der Waals surface area contributed by atoms with Crippen LogP contribution in [0.3, 0.4) is 0 Å². The number of piperazine rings is 1. The fourth-order valence-electron chi connectivity index (χ4n) is 3.92. The van der Waals surface area contributed by atoms with Crippen LogP contribution in [0.25, 0.3) is 10.9 Å². The molecule has 3 aromatic rings. The zero-order chi connectivity index (χ0) is 21.3. The maximum Gasteiger partial charge on any atom is 0.165 e. The van der Waals surface area contributed by atoms with E-state index in [0.717, 1.165) is 26.2 Å². The highest BCUT2D eigenvalue weighted by molar-refractivity contribution is 9.10. The number of ether oxygens (including phenoxy) is 1. The molecule has 1 fully saturated rings. The van der Waals surface area contributed by atoms with E-state index in [2.05, 4.69) is 66.9 Å². The van der Waals surface area contributed by atoms with Crippen LogP contribution in [-0.2, 0) is 6.54 Å². The third-order valence-corrected chi connectivity index (χ3v) is 6.76. The largest absolute Gasteiger partial charge is 0.491 e. The molecule has 0 spiro atoms. The zero-order valence-electron chi connectivity index (χ0n) is 16.9. The number of hydrogen-bond donors (Lipinski definition) is 0. The van der Waals surface area contributed by atoms with Gasteiger partial charge in [-0.05, 0) is 35.3 Å². The molecule has 5 nitrogen and oxygen atoms in total. The maximum absolute atomic E-state index is 14.9. The summed E-state index contributed by atoms with van der Waals surface area (Å²) in [5, 5.41) is 0.724. The number of benzene rings is 2. The Balaban J connectivity index is 1.67. The lowest BCUT2D eigenvalue weighted by molar-refractivity contribution is 0.180. The van der Waals surface area contributed by atoms with Crippen LogP contribution in [-0.4, -0.2) is 47.2 Å². The molecule has 0 saturated carbocycles. The molecule has 1 unspecified atom stereocenters. The summed E-state index contributed by atoms with van der Waals surface area (Å²) in [6.45, 7) is 7.78. The predicted molar refractivity (Wildman–Crippen MR) is 122 cm³/mol. The molecule has 30 heavy (non-hydrogen) atoms. The topological polar surface area (TPSA) is 41.5 Å². The number of fused-ring (bicyclic) bond motifs is 1. The van der Waals surface area contributed by atoms with Crippen LogP contribution in [0.15, 0.2) is 41.1 Å². The molecular weight excluding hydrogens is 471 g/mol. The summed E-state index contributed by atoms with van der Waals surface area (Å²) < 4.78 is 20.9. The minimum absolute atomic E-state index is 0.158. The Labute approximate surface area is 188 Å². The van der Waals surface area contributed by atoms with Gasteiger partial charge in [0, 0.05) is 32.2 Å². The summed E-state index contributed by atoms with van der Waals surface area (Å²) >= 11 is 9.64. The highest BCUT2D eigenvalue weighted by Crippen LogP contribution is 2.44. The molecule has 8 heteroatoms. The standard InChI is InChI=1S/C22H23BrClFN4O/c1-3-30-21-16-20(19(25)17(23)18(21)24)26-13-27-22(16)29-10-9-28(14(2)11-29)12-15-7-5-4-6-8-15/h4-8,13-14H,3,9-12H2,1-2H3. The Hall–Kier alpha value is -1.96. The van der Waals surface area contributed by atoms with E-state index in [1.807, 2.05) is 13.0 Å². The maximum atomic E-state index is 14.9. The number of nitrogens with zero attached hydrogens (tertiary/aromatic N) is 4. The van der Waals surface area contributed by atoms with Crippen molar-refractivity contribution in [2.45, 2.75) is 26.4 Å². The highest BCUT2D eigenvalue weighted by Gasteiger charge is 2.29. The monoisotopic (exact) mass is 492 g/mol. The van der Waals surface area contributed by atoms with Crippen LogP contribution in [0.2, 0.25) is 5.02 Å². The Morgan fingerprint density at radius 1 is 1.23 bits per heavy atom. The number of rotatable bonds is 5. The number of hydrogen-bond acceptors (Lipinski definition) is 5. The van der Waals surface area contributed by atoms with E-state index in [1.54, 1.807) is 0 Å². The first-order valence-electron chi connectivity index (χ1n) is 9.98. The molecule has 0 amide bonds. The Kier molecular flexibility index (Phi) is 6.41. The SMILES string of the molecule is CCOc1c(Cl)c(Br)c(F)c2ncnc(N3CCN(Cc4ccccc4)C(C)C3)c12. The van der Waals surface area contributed by atoms with E-state index in [4.69, 9.17) is 16.3 Å². The lowest BCUT2D eigenvalue weighted by Crippen LogP contribution is -2.51. The molecule has 158 valence electrons. The molecule has 1 saturated heterocycles. The van der Waals surface area contributed by atoms with E-state index in [0.29, 0.717) is 29.6 Å². The van der Waals surface area contributed by atoms with Gasteiger partial charge in [-0.15, -0.1) is 0 Å². The summed E-state index contributed by atoms with van der Waals surface area (Å²) in [6, 6.07) is 10.8. The first kappa shape index (κ1) is 21.3. The predicted octanol–water partition coefficient (Wildman–Crippen LogP) is 5.29. The number of aromatic nitrogens is 2. The first-order chi connectivity index (χ1) is 14.5. The first-order valence-corrected chi connectivity index (χ1v) is 11.1. The second kappa shape index (κ2) is 9.04. The second-order valence-electron chi connectivity index (χ2n) is 7.38. The molecule has 1 atom stereocenters. The van der Waals surface area contributed by atoms with Crippen LogP contribution in [0.1, 0.15) is 19.4 Å². The van der Waals surface area contributed by atoms with E-state index in [9.17, 15) is 4.39 Å². The van der Waals surface area contributed by atoms with Gasteiger partial charge in [0.1, 0.15) is 22.7 Å². The normalized spacial score (nSPS) is 17.5. The minimum Gasteiger partial charge on any atom is -0.491 e. The summed E-state index contributed by atoms with van der Waals surface area (Å²) in [5.41, 5.74) is 1.50. The van der Waals surface area contributed by atoms with Gasteiger partial charge in [0.15, 0.2) is 11.6 Å². The van der Waals surface area contributed by atoms with Crippen LogP contribution >= 0.6 is 27.5 Å². The van der Waals surface area contributed by atoms with Crippen molar-refractivity contribution in [1.82, 2.24) is 14.9 Å². The molecule has 2 aromatic carbocycles. The molecule has 1 aliphatic rings. The molecule has 1 aromatic heterocycles. The summed E-state index contributed by atoms with van der Waals surface area (Å²) in [6.07, 6.45) is 1.40. The van der Waals surface area contributed by atoms with Crippen molar-refractivity contribution in [3.63, 3.8) is 0 Å². The van der Waals surface area contributed by atoms with Crippen LogP contribution < -0.4 is 9.64 Å². The molecule has 0 radical (unpaired) electrons. The Morgan fingerprint density at radius 2 is 2.00 bits per heavy atom. The summed E-state index contributed by atoms with van der Waals surface area (Å²) in [5.74, 6) is 0.568. The molecule has 0 aliphatic carbocycles. The highest BCUT2D eigenvalue weighted by atomic mass is 79.9. The second-order valence-corrected chi connectivity index (χ2v) is 8.55. The van der Waals surface area contributed by atoms with E-state index < -0.39 is 5.82 Å².